The number of nitrogens with zero attached hydrogens (tertiary/aromatic N) is 1. The van der Waals surface area contributed by atoms with Crippen LogP contribution in [0.25, 0.3) is 0 Å². The number of nitrogens with one attached hydrogen (secondary N) is 1. The first-order valence-corrected chi connectivity index (χ1v) is 7.50. The number of carboxylic acids is 1. The smallest absolute Gasteiger partial charge is 0.339 e. The van der Waals surface area contributed by atoms with E-state index in [2.05, 4.69) is 10.3 Å². The number of fused-ring (bicyclic) bond motifs is 1. The molecule has 2 heterocycles. The second-order valence-corrected chi connectivity index (χ2v) is 6.02. The highest BCUT2D eigenvalue weighted by molar-refractivity contribution is 7.17. The second kappa shape index (κ2) is 4.75. The van der Waals surface area contributed by atoms with E-state index in [9.17, 15) is 14.7 Å². The van der Waals surface area contributed by atoms with Crippen LogP contribution in [0.2, 0.25) is 0 Å². The van der Waals surface area contributed by atoms with Gasteiger partial charge in [0.05, 0.1) is 11.1 Å². The van der Waals surface area contributed by atoms with Crippen LogP contribution in [0.5, 0.6) is 0 Å². The molecule has 0 atom stereocenters. The van der Waals surface area contributed by atoms with Crippen LogP contribution in [-0.4, -0.2) is 22.0 Å². The van der Waals surface area contributed by atoms with E-state index in [0.717, 1.165) is 29.7 Å². The van der Waals surface area contributed by atoms with Crippen molar-refractivity contribution in [2.24, 2.45) is 0 Å². The van der Waals surface area contributed by atoms with E-state index in [0.29, 0.717) is 10.7 Å². The first kappa shape index (κ1) is 12.3. The summed E-state index contributed by atoms with van der Waals surface area (Å²) in [4.78, 5) is 28.3. The van der Waals surface area contributed by atoms with Crippen LogP contribution < -0.4 is 5.32 Å². The Bertz CT molecular complexity index is 646. The molecule has 0 saturated carbocycles. The number of hydrogen-bond donors (Lipinski definition) is 2. The van der Waals surface area contributed by atoms with Gasteiger partial charge in [-0.15, -0.1) is 22.7 Å². The van der Waals surface area contributed by atoms with Crippen molar-refractivity contribution in [3.63, 3.8) is 0 Å². The second-order valence-electron chi connectivity index (χ2n) is 4.19. The first-order valence-electron chi connectivity index (χ1n) is 5.74. The van der Waals surface area contributed by atoms with Crippen molar-refractivity contribution in [1.29, 1.82) is 0 Å². The van der Waals surface area contributed by atoms with Crippen molar-refractivity contribution in [2.75, 3.05) is 5.32 Å². The van der Waals surface area contributed by atoms with Crippen LogP contribution in [0, 0.1) is 0 Å². The SMILES string of the molecule is O=C(Nc1sc2c(c1C(=O)O)CCC2)c1cscn1. The molecule has 0 bridgehead atoms. The summed E-state index contributed by atoms with van der Waals surface area (Å²) >= 11 is 2.69. The van der Waals surface area contributed by atoms with E-state index in [1.54, 1.807) is 10.9 Å². The third-order valence-corrected chi connectivity index (χ3v) is 4.82. The fourth-order valence-electron chi connectivity index (χ4n) is 2.21. The Hall–Kier alpha value is -1.73. The Morgan fingerprint density at radius 3 is 2.89 bits per heavy atom. The zero-order chi connectivity index (χ0) is 13.4. The summed E-state index contributed by atoms with van der Waals surface area (Å²) < 4.78 is 0. The molecule has 2 aromatic heterocycles. The van der Waals surface area contributed by atoms with Gasteiger partial charge in [-0.1, -0.05) is 0 Å². The molecule has 2 aromatic rings. The van der Waals surface area contributed by atoms with Gasteiger partial charge < -0.3 is 10.4 Å². The first-order chi connectivity index (χ1) is 9.16. The minimum absolute atomic E-state index is 0.251. The fraction of sp³-hybridized carbons (Fsp3) is 0.250. The van der Waals surface area contributed by atoms with Crippen LogP contribution >= 0.6 is 22.7 Å². The lowest BCUT2D eigenvalue weighted by Crippen LogP contribution is -2.14. The molecule has 1 amide bonds. The molecule has 2 N–H and O–H groups in total. The highest BCUT2D eigenvalue weighted by Crippen LogP contribution is 2.39. The predicted octanol–water partition coefficient (Wildman–Crippen LogP) is 2.64. The Balaban J connectivity index is 1.93. The van der Waals surface area contributed by atoms with Crippen molar-refractivity contribution in [3.05, 3.63) is 32.6 Å². The lowest BCUT2D eigenvalue weighted by Gasteiger charge is -2.03. The number of anilines is 1. The Labute approximate surface area is 116 Å². The molecule has 0 unspecified atom stereocenters. The Morgan fingerprint density at radius 2 is 2.21 bits per heavy atom. The van der Waals surface area contributed by atoms with Crippen molar-refractivity contribution in [1.82, 2.24) is 4.98 Å². The predicted molar refractivity (Wildman–Crippen MR) is 73.4 cm³/mol. The summed E-state index contributed by atoms with van der Waals surface area (Å²) in [6.07, 6.45) is 2.66. The number of carboxylic acid groups (broad SMARTS) is 1. The highest BCUT2D eigenvalue weighted by atomic mass is 32.1. The molecule has 5 nitrogen and oxygen atoms in total. The monoisotopic (exact) mass is 294 g/mol. The Kier molecular flexibility index (Phi) is 3.08. The van der Waals surface area contributed by atoms with Crippen molar-refractivity contribution >= 4 is 39.6 Å². The molecule has 0 radical (unpaired) electrons. The maximum Gasteiger partial charge on any atom is 0.339 e. The molecule has 19 heavy (non-hydrogen) atoms. The average molecular weight is 294 g/mol. The molecule has 1 aliphatic rings. The summed E-state index contributed by atoms with van der Waals surface area (Å²) in [7, 11) is 0. The van der Waals surface area contributed by atoms with Gasteiger partial charge in [0.2, 0.25) is 0 Å². The zero-order valence-electron chi connectivity index (χ0n) is 9.80. The van der Waals surface area contributed by atoms with Gasteiger partial charge in [-0.3, -0.25) is 4.79 Å². The molecule has 3 rings (SSSR count). The van der Waals surface area contributed by atoms with Crippen molar-refractivity contribution in [2.45, 2.75) is 19.3 Å². The molecule has 0 fully saturated rings. The average Bonchev–Trinajstić information content (AvgIpc) is 3.03. The maximum absolute atomic E-state index is 11.9. The van der Waals surface area contributed by atoms with E-state index < -0.39 is 5.97 Å². The zero-order valence-corrected chi connectivity index (χ0v) is 11.4. The lowest BCUT2D eigenvalue weighted by atomic mass is 10.1. The number of rotatable bonds is 3. The number of aromatic carboxylic acids is 1. The molecule has 0 aliphatic heterocycles. The third-order valence-electron chi connectivity index (χ3n) is 3.03. The fourth-order valence-corrected chi connectivity index (χ4v) is 4.02. The minimum atomic E-state index is -0.979. The van der Waals surface area contributed by atoms with Gasteiger partial charge in [0.25, 0.3) is 5.91 Å². The van der Waals surface area contributed by atoms with Crippen LogP contribution in [-0.2, 0) is 12.8 Å². The van der Waals surface area contributed by atoms with E-state index in [1.807, 2.05) is 0 Å². The van der Waals surface area contributed by atoms with Crippen molar-refractivity contribution < 1.29 is 14.7 Å². The number of aryl methyl sites for hydroxylation is 1. The van der Waals surface area contributed by atoms with E-state index in [-0.39, 0.29) is 11.5 Å². The number of thiazole rings is 1. The van der Waals surface area contributed by atoms with Gasteiger partial charge in [-0.05, 0) is 24.8 Å². The summed E-state index contributed by atoms with van der Waals surface area (Å²) in [5.41, 5.74) is 3.02. The number of carbonyl (C=O) groups is 2. The summed E-state index contributed by atoms with van der Waals surface area (Å²) in [5.74, 6) is -1.34. The summed E-state index contributed by atoms with van der Waals surface area (Å²) in [6, 6.07) is 0. The molecule has 0 spiro atoms. The normalized spacial score (nSPS) is 13.3. The quantitative estimate of drug-likeness (QED) is 0.912. The summed E-state index contributed by atoms with van der Waals surface area (Å²) in [6.45, 7) is 0. The van der Waals surface area contributed by atoms with Gasteiger partial charge in [0, 0.05) is 10.3 Å². The summed E-state index contributed by atoms with van der Waals surface area (Å²) in [5, 5.41) is 14.0. The number of thiophene rings is 1. The van der Waals surface area contributed by atoms with Gasteiger partial charge >= 0.3 is 5.97 Å². The number of carbonyl (C=O) groups excluding carboxylic acids is 1. The number of hydrogen-bond acceptors (Lipinski definition) is 5. The Morgan fingerprint density at radius 1 is 1.37 bits per heavy atom. The number of amides is 1. The molecule has 1 aliphatic carbocycles. The standard InChI is InChI=1S/C12H10N2O3S2/c15-10(7-4-18-5-13-7)14-11-9(12(16)17)6-2-1-3-8(6)19-11/h4-5H,1-3H2,(H,14,15)(H,16,17). The van der Waals surface area contributed by atoms with Crippen LogP contribution in [0.4, 0.5) is 5.00 Å². The van der Waals surface area contributed by atoms with Crippen molar-refractivity contribution in [3.8, 4) is 0 Å². The molecule has 98 valence electrons. The van der Waals surface area contributed by atoms with Gasteiger partial charge in [-0.2, -0.15) is 0 Å². The highest BCUT2D eigenvalue weighted by Gasteiger charge is 2.27. The molecule has 0 saturated heterocycles. The topological polar surface area (TPSA) is 79.3 Å². The molecule has 7 heteroatoms. The number of aromatic nitrogens is 1. The van der Waals surface area contributed by atoms with E-state index in [1.165, 1.54) is 22.7 Å². The van der Waals surface area contributed by atoms with Gasteiger partial charge in [0.15, 0.2) is 0 Å². The van der Waals surface area contributed by atoms with Gasteiger partial charge in [-0.25, -0.2) is 9.78 Å². The maximum atomic E-state index is 11.9. The van der Waals surface area contributed by atoms with Crippen LogP contribution in [0.3, 0.4) is 0 Å². The van der Waals surface area contributed by atoms with E-state index >= 15 is 0 Å². The van der Waals surface area contributed by atoms with Gasteiger partial charge in [0.1, 0.15) is 10.7 Å². The van der Waals surface area contributed by atoms with Crippen LogP contribution in [0.15, 0.2) is 10.9 Å². The lowest BCUT2D eigenvalue weighted by molar-refractivity contribution is 0.0697. The minimum Gasteiger partial charge on any atom is -0.478 e. The van der Waals surface area contributed by atoms with Crippen LogP contribution in [0.1, 0.15) is 37.7 Å². The third kappa shape index (κ3) is 2.15. The molecular formula is C12H10N2O3S2. The van der Waals surface area contributed by atoms with E-state index in [4.69, 9.17) is 0 Å². The largest absolute Gasteiger partial charge is 0.478 e. The molecular weight excluding hydrogens is 284 g/mol. The molecule has 0 aromatic carbocycles.